The molecule has 0 radical (unpaired) electrons. The first kappa shape index (κ1) is 12.7. The molecule has 2 aliphatic rings. The Hall–Kier alpha value is -1.36. The third kappa shape index (κ3) is 2.52. The van der Waals surface area contributed by atoms with Crippen LogP contribution in [0.1, 0.15) is 17.3 Å². The highest BCUT2D eigenvalue weighted by molar-refractivity contribution is 7.99. The summed E-state index contributed by atoms with van der Waals surface area (Å²) >= 11 is 1.93. The van der Waals surface area contributed by atoms with E-state index < -0.39 is 0 Å². The average Bonchev–Trinajstić information content (AvgIpc) is 2.46. The lowest BCUT2D eigenvalue weighted by atomic mass is 10.1. The average molecular weight is 278 g/mol. The Labute approximate surface area is 117 Å². The van der Waals surface area contributed by atoms with E-state index in [1.54, 1.807) is 0 Å². The summed E-state index contributed by atoms with van der Waals surface area (Å²) in [5.41, 5.74) is 1.61. The summed E-state index contributed by atoms with van der Waals surface area (Å²) in [5, 5.41) is 3.78. The van der Waals surface area contributed by atoms with Gasteiger partial charge in [-0.15, -0.1) is 0 Å². The Morgan fingerprint density at radius 2 is 2.42 bits per heavy atom. The molecule has 0 spiro atoms. The molecule has 0 bridgehead atoms. The molecule has 2 heterocycles. The van der Waals surface area contributed by atoms with Crippen LogP contribution in [0.5, 0.6) is 5.75 Å². The molecule has 1 aromatic rings. The number of rotatable bonds is 1. The monoisotopic (exact) mass is 278 g/mol. The summed E-state index contributed by atoms with van der Waals surface area (Å²) in [6, 6.07) is 5.73. The normalized spacial score (nSPS) is 22.2. The maximum atomic E-state index is 12.6. The van der Waals surface area contributed by atoms with Gasteiger partial charge in [-0.1, -0.05) is 13.0 Å². The molecule has 4 nitrogen and oxygen atoms in total. The number of para-hydroxylation sites is 1. The minimum Gasteiger partial charge on any atom is -0.489 e. The predicted octanol–water partition coefficient (Wildman–Crippen LogP) is 2.07. The third-order valence-corrected chi connectivity index (χ3v) is 4.57. The minimum atomic E-state index is 0.0905. The molecule has 0 aliphatic carbocycles. The number of fused-ring (bicyclic) bond motifs is 1. The van der Waals surface area contributed by atoms with Gasteiger partial charge in [0, 0.05) is 30.6 Å². The molecule has 5 heteroatoms. The first-order chi connectivity index (χ1) is 9.25. The maximum absolute atomic E-state index is 12.6. The van der Waals surface area contributed by atoms with E-state index in [1.807, 2.05) is 34.9 Å². The van der Waals surface area contributed by atoms with E-state index in [0.29, 0.717) is 23.2 Å². The Bertz CT molecular complexity index is 492. The number of carbonyl (C=O) groups is 1. The van der Waals surface area contributed by atoms with E-state index in [4.69, 9.17) is 4.74 Å². The fraction of sp³-hybridized carbons (Fsp3) is 0.500. The van der Waals surface area contributed by atoms with E-state index in [0.717, 1.165) is 31.1 Å². The lowest BCUT2D eigenvalue weighted by Crippen LogP contribution is -2.41. The minimum absolute atomic E-state index is 0.0905. The quantitative estimate of drug-likeness (QED) is 0.854. The molecule has 2 aliphatic heterocycles. The largest absolute Gasteiger partial charge is 0.489 e. The van der Waals surface area contributed by atoms with Gasteiger partial charge >= 0.3 is 0 Å². The van der Waals surface area contributed by atoms with Crippen molar-refractivity contribution in [3.8, 4) is 5.75 Å². The molecular weight excluding hydrogens is 260 g/mol. The van der Waals surface area contributed by atoms with Crippen molar-refractivity contribution in [3.05, 3.63) is 23.8 Å². The lowest BCUT2D eigenvalue weighted by molar-refractivity contribution is 0.0758. The Morgan fingerprint density at radius 1 is 1.53 bits per heavy atom. The summed E-state index contributed by atoms with van der Waals surface area (Å²) in [6.45, 7) is 5.22. The number of hydrogen-bond donors (Lipinski definition) is 1. The second kappa shape index (κ2) is 5.33. The summed E-state index contributed by atoms with van der Waals surface area (Å²) < 4.78 is 5.68. The van der Waals surface area contributed by atoms with E-state index in [2.05, 4.69) is 12.2 Å². The molecule has 1 unspecified atom stereocenters. The van der Waals surface area contributed by atoms with Crippen LogP contribution >= 0.6 is 11.8 Å². The number of thioether (sulfide) groups is 1. The molecule has 19 heavy (non-hydrogen) atoms. The highest BCUT2D eigenvalue weighted by atomic mass is 32.2. The van der Waals surface area contributed by atoms with Crippen LogP contribution in [-0.4, -0.2) is 48.1 Å². The summed E-state index contributed by atoms with van der Waals surface area (Å²) in [6.07, 6.45) is 0. The zero-order valence-corrected chi connectivity index (χ0v) is 11.8. The maximum Gasteiger partial charge on any atom is 0.257 e. The fourth-order valence-corrected chi connectivity index (χ4v) is 3.53. The van der Waals surface area contributed by atoms with Crippen molar-refractivity contribution in [3.63, 3.8) is 0 Å². The Kier molecular flexibility index (Phi) is 3.55. The van der Waals surface area contributed by atoms with Crippen molar-refractivity contribution in [2.75, 3.05) is 37.3 Å². The molecule has 102 valence electrons. The molecule has 1 fully saturated rings. The van der Waals surface area contributed by atoms with Crippen LogP contribution in [0.4, 0.5) is 5.69 Å². The van der Waals surface area contributed by atoms with Gasteiger partial charge in [0.25, 0.3) is 5.91 Å². The molecular formula is C14H18N2O2S. The van der Waals surface area contributed by atoms with Crippen molar-refractivity contribution < 1.29 is 9.53 Å². The second-order valence-corrected chi connectivity index (χ2v) is 6.44. The molecule has 0 saturated carbocycles. The van der Waals surface area contributed by atoms with Gasteiger partial charge in [0.15, 0.2) is 5.75 Å². The van der Waals surface area contributed by atoms with Gasteiger partial charge in [0.2, 0.25) is 0 Å². The van der Waals surface area contributed by atoms with Gasteiger partial charge < -0.3 is 15.0 Å². The van der Waals surface area contributed by atoms with Gasteiger partial charge in [-0.05, 0) is 12.1 Å². The number of amides is 1. The van der Waals surface area contributed by atoms with Gasteiger partial charge in [-0.3, -0.25) is 4.79 Å². The van der Waals surface area contributed by atoms with Crippen molar-refractivity contribution in [2.45, 2.75) is 12.2 Å². The number of nitrogens with zero attached hydrogens (tertiary/aromatic N) is 1. The van der Waals surface area contributed by atoms with Crippen LogP contribution in [0.3, 0.4) is 0 Å². The van der Waals surface area contributed by atoms with E-state index in [-0.39, 0.29) is 5.91 Å². The van der Waals surface area contributed by atoms with Crippen molar-refractivity contribution in [1.29, 1.82) is 0 Å². The van der Waals surface area contributed by atoms with Gasteiger partial charge in [0.1, 0.15) is 6.61 Å². The number of hydrogen-bond acceptors (Lipinski definition) is 4. The van der Waals surface area contributed by atoms with Gasteiger partial charge in [-0.2, -0.15) is 11.8 Å². The Morgan fingerprint density at radius 3 is 3.26 bits per heavy atom. The van der Waals surface area contributed by atoms with Crippen LogP contribution in [0.15, 0.2) is 18.2 Å². The second-order valence-electron chi connectivity index (χ2n) is 4.89. The molecule has 1 N–H and O–H groups in total. The molecule has 1 atom stereocenters. The third-order valence-electron chi connectivity index (χ3n) is 3.44. The first-order valence-electron chi connectivity index (χ1n) is 6.66. The molecule has 0 aromatic heterocycles. The van der Waals surface area contributed by atoms with Crippen molar-refractivity contribution in [2.24, 2.45) is 0 Å². The van der Waals surface area contributed by atoms with Crippen LogP contribution in [0.2, 0.25) is 0 Å². The highest BCUT2D eigenvalue weighted by Crippen LogP contribution is 2.32. The number of ether oxygens (including phenoxy) is 1. The summed E-state index contributed by atoms with van der Waals surface area (Å²) in [4.78, 5) is 14.6. The first-order valence-corrected chi connectivity index (χ1v) is 7.71. The van der Waals surface area contributed by atoms with E-state index in [9.17, 15) is 4.79 Å². The fourth-order valence-electron chi connectivity index (χ4n) is 2.51. The highest BCUT2D eigenvalue weighted by Gasteiger charge is 2.26. The van der Waals surface area contributed by atoms with Gasteiger partial charge in [-0.25, -0.2) is 0 Å². The van der Waals surface area contributed by atoms with E-state index >= 15 is 0 Å². The molecule has 3 rings (SSSR count). The molecule has 1 amide bonds. The zero-order valence-electron chi connectivity index (χ0n) is 11.0. The molecule has 1 saturated heterocycles. The number of carbonyl (C=O) groups excluding carboxylic acids is 1. The smallest absolute Gasteiger partial charge is 0.257 e. The van der Waals surface area contributed by atoms with Crippen LogP contribution in [0.25, 0.3) is 0 Å². The molecule has 1 aromatic carbocycles. The van der Waals surface area contributed by atoms with Crippen LogP contribution in [0, 0.1) is 0 Å². The zero-order chi connectivity index (χ0) is 13.2. The summed E-state index contributed by atoms with van der Waals surface area (Å²) in [7, 11) is 0. The lowest BCUT2D eigenvalue weighted by Gasteiger charge is -2.31. The van der Waals surface area contributed by atoms with E-state index in [1.165, 1.54) is 0 Å². The number of benzene rings is 1. The topological polar surface area (TPSA) is 41.6 Å². The van der Waals surface area contributed by atoms with Gasteiger partial charge in [0.05, 0.1) is 11.3 Å². The van der Waals surface area contributed by atoms with Crippen LogP contribution < -0.4 is 10.1 Å². The van der Waals surface area contributed by atoms with Crippen LogP contribution in [-0.2, 0) is 0 Å². The Balaban J connectivity index is 1.87. The predicted molar refractivity (Wildman–Crippen MR) is 78.3 cm³/mol. The van der Waals surface area contributed by atoms with Crippen molar-refractivity contribution in [1.82, 2.24) is 4.90 Å². The summed E-state index contributed by atoms with van der Waals surface area (Å²) in [5.74, 6) is 1.82. The van der Waals surface area contributed by atoms with Crippen molar-refractivity contribution >= 4 is 23.4 Å². The number of anilines is 1. The standard InChI is InChI=1S/C14H18N2O2S/c1-10-9-16(6-8-19-10)14(17)11-3-2-4-12-13(11)18-7-5-15-12/h2-4,10,15H,5-9H2,1H3. The number of nitrogens with one attached hydrogen (secondary N) is 1. The SMILES string of the molecule is CC1CN(C(=O)c2cccc3c2OCCN3)CCS1.